The number of amides is 1. The molecule has 3 rings (SSSR count). The molecule has 3 aromatic rings. The van der Waals surface area contributed by atoms with Crippen molar-refractivity contribution in [1.29, 1.82) is 0 Å². The summed E-state index contributed by atoms with van der Waals surface area (Å²) in [7, 11) is 0. The van der Waals surface area contributed by atoms with Gasteiger partial charge < -0.3 is 4.74 Å². The molecule has 0 fully saturated rings. The molecule has 0 radical (unpaired) electrons. The van der Waals surface area contributed by atoms with Crippen LogP contribution in [0, 0.1) is 13.8 Å². The zero-order chi connectivity index (χ0) is 21.5. The van der Waals surface area contributed by atoms with Gasteiger partial charge in [0, 0.05) is 28.6 Å². The first-order valence-corrected chi connectivity index (χ1v) is 9.44. The number of esters is 1. The fourth-order valence-electron chi connectivity index (χ4n) is 2.96. The van der Waals surface area contributed by atoms with Crippen molar-refractivity contribution >= 4 is 23.7 Å². The van der Waals surface area contributed by atoms with Crippen LogP contribution in [0.3, 0.4) is 0 Å². The van der Waals surface area contributed by atoms with Crippen LogP contribution in [0.25, 0.3) is 6.08 Å². The van der Waals surface area contributed by atoms with Gasteiger partial charge in [0.05, 0.1) is 0 Å². The van der Waals surface area contributed by atoms with E-state index in [4.69, 9.17) is 4.74 Å². The first-order chi connectivity index (χ1) is 14.5. The predicted molar refractivity (Wildman–Crippen MR) is 115 cm³/mol. The molecule has 1 amide bonds. The maximum atomic E-state index is 12.5. The molecule has 0 saturated heterocycles. The molecule has 0 spiro atoms. The predicted octanol–water partition coefficient (Wildman–Crippen LogP) is 3.93. The minimum Gasteiger partial charge on any atom is -0.454 e. The Morgan fingerprint density at radius 3 is 2.27 bits per heavy atom. The summed E-state index contributed by atoms with van der Waals surface area (Å²) in [5.41, 5.74) is 5.80. The van der Waals surface area contributed by atoms with Crippen molar-refractivity contribution in [3.05, 3.63) is 101 Å². The average Bonchev–Trinajstić information content (AvgIpc) is 3.05. The highest BCUT2D eigenvalue weighted by Gasteiger charge is 2.18. The summed E-state index contributed by atoms with van der Waals surface area (Å²) in [5.74, 6) is -1.22. The molecular formula is C24H22N2O4. The van der Waals surface area contributed by atoms with Crippen molar-refractivity contribution in [2.75, 3.05) is 12.0 Å². The second kappa shape index (κ2) is 9.52. The van der Waals surface area contributed by atoms with E-state index in [1.165, 1.54) is 6.08 Å². The lowest BCUT2D eigenvalue weighted by atomic mass is 10.1. The van der Waals surface area contributed by atoms with Crippen LogP contribution < -0.4 is 5.43 Å². The molecule has 0 atom stereocenters. The molecule has 0 saturated carbocycles. The van der Waals surface area contributed by atoms with Crippen LogP contribution in [0.5, 0.6) is 0 Å². The summed E-state index contributed by atoms with van der Waals surface area (Å²) < 4.78 is 6.62. The summed E-state index contributed by atoms with van der Waals surface area (Å²) in [6, 6.07) is 19.8. The summed E-state index contributed by atoms with van der Waals surface area (Å²) in [6.45, 7) is 3.13. The number of rotatable bonds is 7. The lowest BCUT2D eigenvalue weighted by Crippen LogP contribution is -2.25. The number of nitrogens with one attached hydrogen (secondary N) is 1. The van der Waals surface area contributed by atoms with E-state index in [-0.39, 0.29) is 18.3 Å². The van der Waals surface area contributed by atoms with Gasteiger partial charge in [0.25, 0.3) is 5.91 Å². The fourth-order valence-corrected chi connectivity index (χ4v) is 2.96. The van der Waals surface area contributed by atoms with Crippen LogP contribution in [-0.2, 0) is 9.53 Å². The van der Waals surface area contributed by atoms with E-state index < -0.39 is 5.97 Å². The van der Waals surface area contributed by atoms with E-state index in [2.05, 4.69) is 5.43 Å². The van der Waals surface area contributed by atoms with Crippen LogP contribution in [0.2, 0.25) is 0 Å². The van der Waals surface area contributed by atoms with E-state index in [9.17, 15) is 14.4 Å². The Morgan fingerprint density at radius 1 is 0.967 bits per heavy atom. The molecule has 1 heterocycles. The lowest BCUT2D eigenvalue weighted by Gasteiger charge is -2.11. The quantitative estimate of drug-likeness (QED) is 0.369. The maximum Gasteiger partial charge on any atom is 0.331 e. The smallest absolute Gasteiger partial charge is 0.331 e. The lowest BCUT2D eigenvalue weighted by molar-refractivity contribution is -0.136. The van der Waals surface area contributed by atoms with Crippen LogP contribution in [0.15, 0.2) is 72.8 Å². The highest BCUT2D eigenvalue weighted by molar-refractivity contribution is 6.02. The van der Waals surface area contributed by atoms with Crippen molar-refractivity contribution in [1.82, 2.24) is 4.68 Å². The Balaban J connectivity index is 1.62. The molecule has 2 aromatic carbocycles. The second-order valence-corrected chi connectivity index (χ2v) is 6.70. The Hall–Kier alpha value is -3.93. The van der Waals surface area contributed by atoms with Crippen molar-refractivity contribution in [2.24, 2.45) is 0 Å². The summed E-state index contributed by atoms with van der Waals surface area (Å²) in [6.07, 6.45) is 2.91. The van der Waals surface area contributed by atoms with Gasteiger partial charge in [0.1, 0.15) is 0 Å². The summed E-state index contributed by atoms with van der Waals surface area (Å²) in [4.78, 5) is 36.8. The SMILES string of the molecule is Cc1cc(C(=O)COC(=O)/C=C/c2ccccc2)c(C)n1NC(=O)c1ccccc1. The van der Waals surface area contributed by atoms with Crippen LogP contribution in [0.1, 0.15) is 37.7 Å². The van der Waals surface area contributed by atoms with Gasteiger partial charge in [0.15, 0.2) is 6.61 Å². The number of aromatic nitrogens is 1. The molecule has 1 aromatic heterocycles. The molecule has 0 unspecified atom stereocenters. The zero-order valence-corrected chi connectivity index (χ0v) is 16.8. The topological polar surface area (TPSA) is 77.4 Å². The molecule has 0 aliphatic heterocycles. The minimum absolute atomic E-state index is 0.283. The third-order valence-electron chi connectivity index (χ3n) is 4.54. The number of aryl methyl sites for hydroxylation is 1. The largest absolute Gasteiger partial charge is 0.454 e. The number of carbonyl (C=O) groups excluding carboxylic acids is 3. The van der Waals surface area contributed by atoms with Gasteiger partial charge in [-0.05, 0) is 43.7 Å². The molecule has 0 aliphatic carbocycles. The minimum atomic E-state index is -0.599. The summed E-state index contributed by atoms with van der Waals surface area (Å²) in [5, 5.41) is 0. The molecule has 30 heavy (non-hydrogen) atoms. The van der Waals surface area contributed by atoms with Crippen molar-refractivity contribution < 1.29 is 19.1 Å². The molecule has 6 nitrogen and oxygen atoms in total. The standard InChI is InChI=1S/C24H22N2O4/c1-17-15-21(18(2)26(17)25-24(29)20-11-7-4-8-12-20)22(27)16-30-23(28)14-13-19-9-5-3-6-10-19/h3-15H,16H2,1-2H3,(H,25,29)/b14-13+. The molecule has 0 bridgehead atoms. The number of hydrogen-bond acceptors (Lipinski definition) is 4. The molecule has 1 N–H and O–H groups in total. The van der Waals surface area contributed by atoms with Crippen LogP contribution >= 0.6 is 0 Å². The maximum absolute atomic E-state index is 12.5. The average molecular weight is 402 g/mol. The Kier molecular flexibility index (Phi) is 6.60. The van der Waals surface area contributed by atoms with E-state index in [1.54, 1.807) is 54.9 Å². The van der Waals surface area contributed by atoms with Gasteiger partial charge >= 0.3 is 5.97 Å². The van der Waals surface area contributed by atoms with Gasteiger partial charge in [-0.25, -0.2) is 4.79 Å². The van der Waals surface area contributed by atoms with Gasteiger partial charge in [-0.2, -0.15) is 0 Å². The highest BCUT2D eigenvalue weighted by atomic mass is 16.5. The molecule has 0 aliphatic rings. The van der Waals surface area contributed by atoms with Crippen molar-refractivity contribution in [2.45, 2.75) is 13.8 Å². The van der Waals surface area contributed by atoms with Gasteiger partial charge in [-0.15, -0.1) is 0 Å². The second-order valence-electron chi connectivity index (χ2n) is 6.70. The first-order valence-electron chi connectivity index (χ1n) is 9.44. The van der Waals surface area contributed by atoms with E-state index >= 15 is 0 Å². The number of nitrogens with zero attached hydrogens (tertiary/aromatic N) is 1. The first kappa shape index (κ1) is 20.8. The van der Waals surface area contributed by atoms with Gasteiger partial charge in [-0.1, -0.05) is 48.5 Å². The van der Waals surface area contributed by atoms with Crippen molar-refractivity contribution in [3.63, 3.8) is 0 Å². The monoisotopic (exact) mass is 402 g/mol. The Morgan fingerprint density at radius 2 is 1.60 bits per heavy atom. The number of ketones is 1. The van der Waals surface area contributed by atoms with Crippen LogP contribution in [0.4, 0.5) is 0 Å². The number of Topliss-reactive ketones (excluding diaryl/α,β-unsaturated/α-hetero) is 1. The van der Waals surface area contributed by atoms with Crippen molar-refractivity contribution in [3.8, 4) is 0 Å². The highest BCUT2D eigenvalue weighted by Crippen LogP contribution is 2.15. The third kappa shape index (κ3) is 5.11. The number of hydrogen-bond donors (Lipinski definition) is 1. The Bertz CT molecular complexity index is 1080. The molecule has 152 valence electrons. The number of ether oxygens (including phenoxy) is 1. The van der Waals surface area contributed by atoms with E-state index in [0.29, 0.717) is 22.5 Å². The summed E-state index contributed by atoms with van der Waals surface area (Å²) >= 11 is 0. The van der Waals surface area contributed by atoms with Crippen LogP contribution in [-0.4, -0.2) is 28.9 Å². The fraction of sp³-hybridized carbons (Fsp3) is 0.125. The number of benzene rings is 2. The molecular weight excluding hydrogens is 380 g/mol. The zero-order valence-electron chi connectivity index (χ0n) is 16.8. The van der Waals surface area contributed by atoms with Gasteiger partial charge in [0.2, 0.25) is 5.78 Å². The Labute approximate surface area is 174 Å². The normalized spacial score (nSPS) is 10.7. The van der Waals surface area contributed by atoms with E-state index in [0.717, 1.165) is 5.56 Å². The van der Waals surface area contributed by atoms with E-state index in [1.807, 2.05) is 36.4 Å². The third-order valence-corrected chi connectivity index (χ3v) is 4.54. The molecule has 6 heteroatoms. The number of carbonyl (C=O) groups is 3. The van der Waals surface area contributed by atoms with Gasteiger partial charge in [-0.3, -0.25) is 19.7 Å².